The zero-order valence-electron chi connectivity index (χ0n) is 9.92. The van der Waals surface area contributed by atoms with Gasteiger partial charge in [-0.2, -0.15) is 0 Å². The van der Waals surface area contributed by atoms with E-state index in [0.29, 0.717) is 10.7 Å². The highest BCUT2D eigenvalue weighted by molar-refractivity contribution is 6.31. The summed E-state index contributed by atoms with van der Waals surface area (Å²) < 4.78 is 6.68. The number of carbonyl (C=O) groups is 1. The standard InChI is InChI=1S/C13H9ClN2O3/c1-16-10-3-2-8(14)4-7(10)5-11(16)9-6-12(13(17)18)19-15-9/h2-6H,1H3,(H,17,18). The van der Waals surface area contributed by atoms with Crippen LogP contribution in [0, 0.1) is 0 Å². The minimum Gasteiger partial charge on any atom is -0.475 e. The third-order valence-electron chi connectivity index (χ3n) is 2.99. The second-order valence-corrected chi connectivity index (χ2v) is 4.61. The van der Waals surface area contributed by atoms with Gasteiger partial charge in [0.15, 0.2) is 0 Å². The van der Waals surface area contributed by atoms with Crippen molar-refractivity contribution in [3.63, 3.8) is 0 Å². The molecule has 96 valence electrons. The molecule has 5 nitrogen and oxygen atoms in total. The molecule has 0 radical (unpaired) electrons. The molecule has 0 amide bonds. The van der Waals surface area contributed by atoms with Crippen molar-refractivity contribution in [1.82, 2.24) is 9.72 Å². The van der Waals surface area contributed by atoms with Crippen LogP contribution in [0.15, 0.2) is 34.9 Å². The lowest BCUT2D eigenvalue weighted by molar-refractivity contribution is 0.0652. The molecule has 0 atom stereocenters. The third-order valence-corrected chi connectivity index (χ3v) is 3.22. The summed E-state index contributed by atoms with van der Waals surface area (Å²) in [6, 6.07) is 8.85. The van der Waals surface area contributed by atoms with Crippen molar-refractivity contribution in [3.8, 4) is 11.4 Å². The van der Waals surface area contributed by atoms with Crippen molar-refractivity contribution in [3.05, 3.63) is 41.1 Å². The highest BCUT2D eigenvalue weighted by atomic mass is 35.5. The lowest BCUT2D eigenvalue weighted by Gasteiger charge is -1.99. The van der Waals surface area contributed by atoms with Crippen LogP contribution in [0.2, 0.25) is 5.02 Å². The van der Waals surface area contributed by atoms with E-state index >= 15 is 0 Å². The number of aromatic nitrogens is 2. The van der Waals surface area contributed by atoms with Crippen LogP contribution < -0.4 is 0 Å². The summed E-state index contributed by atoms with van der Waals surface area (Å²) >= 11 is 5.95. The maximum absolute atomic E-state index is 10.8. The van der Waals surface area contributed by atoms with E-state index in [1.807, 2.05) is 29.8 Å². The van der Waals surface area contributed by atoms with Crippen molar-refractivity contribution in [1.29, 1.82) is 0 Å². The Kier molecular flexibility index (Phi) is 2.57. The SMILES string of the molecule is Cn1c(-c2cc(C(=O)O)on2)cc2cc(Cl)ccc21. The number of aromatic carboxylic acids is 1. The molecule has 0 fully saturated rings. The predicted molar refractivity (Wildman–Crippen MR) is 70.4 cm³/mol. The van der Waals surface area contributed by atoms with Crippen LogP contribution in [-0.4, -0.2) is 20.8 Å². The Morgan fingerprint density at radius 1 is 1.37 bits per heavy atom. The predicted octanol–water partition coefficient (Wildman–Crippen LogP) is 3.18. The van der Waals surface area contributed by atoms with Gasteiger partial charge >= 0.3 is 5.97 Å². The van der Waals surface area contributed by atoms with E-state index in [-0.39, 0.29) is 5.76 Å². The molecule has 3 rings (SSSR count). The maximum Gasteiger partial charge on any atom is 0.374 e. The molecule has 0 aliphatic heterocycles. The van der Waals surface area contributed by atoms with Crippen LogP contribution in [-0.2, 0) is 7.05 Å². The van der Waals surface area contributed by atoms with E-state index in [9.17, 15) is 4.79 Å². The summed E-state index contributed by atoms with van der Waals surface area (Å²) in [6.45, 7) is 0. The number of halogens is 1. The molecular weight excluding hydrogens is 268 g/mol. The number of fused-ring (bicyclic) bond motifs is 1. The molecule has 0 unspecified atom stereocenters. The molecule has 2 aromatic heterocycles. The van der Waals surface area contributed by atoms with Crippen LogP contribution in [0.5, 0.6) is 0 Å². The number of carboxylic acids is 1. The fraction of sp³-hybridized carbons (Fsp3) is 0.0769. The second-order valence-electron chi connectivity index (χ2n) is 4.17. The zero-order valence-corrected chi connectivity index (χ0v) is 10.7. The van der Waals surface area contributed by atoms with Crippen LogP contribution in [0.1, 0.15) is 10.6 Å². The maximum atomic E-state index is 10.8. The highest BCUT2D eigenvalue weighted by Crippen LogP contribution is 2.28. The van der Waals surface area contributed by atoms with Gasteiger partial charge in [0, 0.05) is 29.0 Å². The minimum absolute atomic E-state index is 0.182. The summed E-state index contributed by atoms with van der Waals surface area (Å²) in [6.07, 6.45) is 0. The Morgan fingerprint density at radius 3 is 2.84 bits per heavy atom. The van der Waals surface area contributed by atoms with Gasteiger partial charge in [-0.3, -0.25) is 0 Å². The van der Waals surface area contributed by atoms with Crippen LogP contribution in [0.25, 0.3) is 22.3 Å². The largest absolute Gasteiger partial charge is 0.475 e. The molecular formula is C13H9ClN2O3. The van der Waals surface area contributed by atoms with E-state index in [1.165, 1.54) is 6.07 Å². The van der Waals surface area contributed by atoms with Crippen molar-refractivity contribution in [2.45, 2.75) is 0 Å². The Hall–Kier alpha value is -2.27. The number of hydrogen-bond donors (Lipinski definition) is 1. The van der Waals surface area contributed by atoms with Gasteiger partial charge in [0.2, 0.25) is 5.76 Å². The first kappa shape index (κ1) is 11.8. The summed E-state index contributed by atoms with van der Waals surface area (Å²) in [7, 11) is 1.88. The van der Waals surface area contributed by atoms with Gasteiger partial charge in [-0.1, -0.05) is 16.8 Å². The van der Waals surface area contributed by atoms with Crippen molar-refractivity contribution < 1.29 is 14.4 Å². The van der Waals surface area contributed by atoms with E-state index in [4.69, 9.17) is 21.2 Å². The molecule has 6 heteroatoms. The lowest BCUT2D eigenvalue weighted by atomic mass is 10.2. The molecule has 0 saturated carbocycles. The van der Waals surface area contributed by atoms with Crippen LogP contribution in [0.3, 0.4) is 0 Å². The molecule has 0 saturated heterocycles. The van der Waals surface area contributed by atoms with Crippen molar-refractivity contribution in [2.75, 3.05) is 0 Å². The quantitative estimate of drug-likeness (QED) is 0.780. The lowest BCUT2D eigenvalue weighted by Crippen LogP contribution is -1.92. The Bertz CT molecular complexity index is 788. The number of nitrogens with zero attached hydrogens (tertiary/aromatic N) is 2. The Morgan fingerprint density at radius 2 is 2.16 bits per heavy atom. The van der Waals surface area contributed by atoms with E-state index in [2.05, 4.69) is 5.16 Å². The first-order valence-electron chi connectivity index (χ1n) is 5.51. The molecule has 0 aliphatic rings. The normalized spacial score (nSPS) is 11.1. The van der Waals surface area contributed by atoms with Gasteiger partial charge in [0.1, 0.15) is 5.69 Å². The average molecular weight is 277 g/mol. The first-order valence-corrected chi connectivity index (χ1v) is 5.89. The molecule has 0 aliphatic carbocycles. The third kappa shape index (κ3) is 1.88. The number of benzene rings is 1. The summed E-state index contributed by atoms with van der Waals surface area (Å²) in [5.41, 5.74) is 2.24. The summed E-state index contributed by atoms with van der Waals surface area (Å²) in [4.78, 5) is 10.8. The van der Waals surface area contributed by atoms with E-state index in [0.717, 1.165) is 16.6 Å². The number of aryl methyl sites for hydroxylation is 1. The second kappa shape index (κ2) is 4.13. The van der Waals surface area contributed by atoms with Gasteiger partial charge < -0.3 is 14.2 Å². The van der Waals surface area contributed by atoms with E-state index in [1.54, 1.807) is 6.07 Å². The Balaban J connectivity index is 2.18. The minimum atomic E-state index is -1.14. The zero-order chi connectivity index (χ0) is 13.6. The Labute approximate surface area is 113 Å². The average Bonchev–Trinajstić information content (AvgIpc) is 2.94. The molecule has 0 spiro atoms. The van der Waals surface area contributed by atoms with Gasteiger partial charge in [0.25, 0.3) is 0 Å². The molecule has 2 heterocycles. The van der Waals surface area contributed by atoms with Crippen LogP contribution >= 0.6 is 11.6 Å². The fourth-order valence-electron chi connectivity index (χ4n) is 2.06. The smallest absolute Gasteiger partial charge is 0.374 e. The van der Waals surface area contributed by atoms with Crippen LogP contribution in [0.4, 0.5) is 0 Å². The van der Waals surface area contributed by atoms with Crippen molar-refractivity contribution in [2.24, 2.45) is 7.05 Å². The fourth-order valence-corrected chi connectivity index (χ4v) is 2.24. The number of carboxylic acid groups (broad SMARTS) is 1. The van der Waals surface area contributed by atoms with Crippen molar-refractivity contribution >= 4 is 28.5 Å². The first-order chi connectivity index (χ1) is 9.06. The number of hydrogen-bond acceptors (Lipinski definition) is 3. The summed E-state index contributed by atoms with van der Waals surface area (Å²) in [5.74, 6) is -1.32. The van der Waals surface area contributed by atoms with Gasteiger partial charge in [-0.25, -0.2) is 4.79 Å². The van der Waals surface area contributed by atoms with Gasteiger partial charge in [-0.05, 0) is 24.3 Å². The van der Waals surface area contributed by atoms with E-state index < -0.39 is 5.97 Å². The topological polar surface area (TPSA) is 68.3 Å². The molecule has 1 N–H and O–H groups in total. The summed E-state index contributed by atoms with van der Waals surface area (Å²) in [5, 5.41) is 14.2. The van der Waals surface area contributed by atoms with Gasteiger partial charge in [0.05, 0.1) is 5.69 Å². The molecule has 1 aromatic carbocycles. The highest BCUT2D eigenvalue weighted by Gasteiger charge is 2.16. The molecule has 19 heavy (non-hydrogen) atoms. The monoisotopic (exact) mass is 276 g/mol. The van der Waals surface area contributed by atoms with Gasteiger partial charge in [-0.15, -0.1) is 0 Å². The molecule has 3 aromatic rings. The molecule has 0 bridgehead atoms. The number of rotatable bonds is 2.